The van der Waals surface area contributed by atoms with Crippen molar-refractivity contribution in [3.8, 4) is 0 Å². The van der Waals surface area contributed by atoms with Crippen molar-refractivity contribution >= 4 is 17.5 Å². The molecule has 1 aliphatic rings. The van der Waals surface area contributed by atoms with Crippen molar-refractivity contribution in [3.63, 3.8) is 0 Å². The van der Waals surface area contributed by atoms with Crippen LogP contribution in [0.4, 0.5) is 17.5 Å². The molecule has 1 N–H and O–H groups in total. The summed E-state index contributed by atoms with van der Waals surface area (Å²) in [6, 6.07) is 6.42. The third kappa shape index (κ3) is 4.10. The largest absolute Gasteiger partial charge is 0.340 e. The molecule has 1 fully saturated rings. The summed E-state index contributed by atoms with van der Waals surface area (Å²) >= 11 is 0. The molecule has 0 unspecified atom stereocenters. The normalized spacial score (nSPS) is 15.5. The van der Waals surface area contributed by atoms with Crippen LogP contribution in [0.3, 0.4) is 0 Å². The van der Waals surface area contributed by atoms with Crippen molar-refractivity contribution in [2.45, 2.75) is 34.6 Å². The monoisotopic (exact) mass is 339 g/mol. The van der Waals surface area contributed by atoms with Gasteiger partial charge in [0.05, 0.1) is 0 Å². The van der Waals surface area contributed by atoms with Gasteiger partial charge < -0.3 is 15.1 Å². The van der Waals surface area contributed by atoms with Gasteiger partial charge in [0.15, 0.2) is 0 Å². The molecule has 5 nitrogen and oxygen atoms in total. The van der Waals surface area contributed by atoms with Crippen LogP contribution < -0.4 is 10.2 Å². The standard InChI is InChI=1S/C20H29N5/c1-6-24-7-9-25(10-8-24)20-21-17(5)13-18(23-20)22-19-15(3)11-14(2)12-16(19)4/h11-13H,6-10H2,1-5H3,(H,21,22,23). The molecule has 5 heteroatoms. The number of hydrogen-bond donors (Lipinski definition) is 1. The highest BCUT2D eigenvalue weighted by Crippen LogP contribution is 2.26. The van der Waals surface area contributed by atoms with Gasteiger partial charge in [0.2, 0.25) is 5.95 Å². The Morgan fingerprint density at radius 3 is 2.16 bits per heavy atom. The third-order valence-corrected chi connectivity index (χ3v) is 4.87. The summed E-state index contributed by atoms with van der Waals surface area (Å²) in [6.45, 7) is 15.9. The van der Waals surface area contributed by atoms with E-state index < -0.39 is 0 Å². The summed E-state index contributed by atoms with van der Waals surface area (Å²) in [4.78, 5) is 14.2. The van der Waals surface area contributed by atoms with Crippen molar-refractivity contribution in [2.75, 3.05) is 42.9 Å². The molecule has 1 aliphatic heterocycles. The molecule has 2 aromatic rings. The van der Waals surface area contributed by atoms with Crippen molar-refractivity contribution in [2.24, 2.45) is 0 Å². The van der Waals surface area contributed by atoms with Crippen LogP contribution >= 0.6 is 0 Å². The Morgan fingerprint density at radius 1 is 0.920 bits per heavy atom. The minimum atomic E-state index is 0.834. The number of piperazine rings is 1. The number of likely N-dealkylation sites (N-methyl/N-ethyl adjacent to an activating group) is 1. The molecule has 1 saturated heterocycles. The van der Waals surface area contributed by atoms with Gasteiger partial charge in [0.1, 0.15) is 5.82 Å². The number of hydrogen-bond acceptors (Lipinski definition) is 5. The van der Waals surface area contributed by atoms with Crippen LogP contribution in [0.1, 0.15) is 29.3 Å². The van der Waals surface area contributed by atoms with E-state index in [0.29, 0.717) is 0 Å². The molecule has 1 aromatic carbocycles. The summed E-state index contributed by atoms with van der Waals surface area (Å²) in [5, 5.41) is 3.52. The molecule has 0 aliphatic carbocycles. The Morgan fingerprint density at radius 2 is 1.56 bits per heavy atom. The van der Waals surface area contributed by atoms with Crippen LogP contribution in [0.5, 0.6) is 0 Å². The number of aromatic nitrogens is 2. The van der Waals surface area contributed by atoms with Gasteiger partial charge in [-0.15, -0.1) is 0 Å². The lowest BCUT2D eigenvalue weighted by Gasteiger charge is -2.34. The van der Waals surface area contributed by atoms with Crippen molar-refractivity contribution < 1.29 is 0 Å². The summed E-state index contributed by atoms with van der Waals surface area (Å²) in [6.07, 6.45) is 0. The fourth-order valence-corrected chi connectivity index (χ4v) is 3.53. The van der Waals surface area contributed by atoms with E-state index in [9.17, 15) is 0 Å². The minimum absolute atomic E-state index is 0.834. The molecule has 0 atom stereocenters. The van der Waals surface area contributed by atoms with Crippen LogP contribution in [-0.4, -0.2) is 47.6 Å². The van der Waals surface area contributed by atoms with Crippen LogP contribution in [0.2, 0.25) is 0 Å². The first-order valence-corrected chi connectivity index (χ1v) is 9.14. The zero-order valence-electron chi connectivity index (χ0n) is 16.1. The third-order valence-electron chi connectivity index (χ3n) is 4.87. The van der Waals surface area contributed by atoms with Gasteiger partial charge in [0.25, 0.3) is 0 Å². The first-order valence-electron chi connectivity index (χ1n) is 9.14. The van der Waals surface area contributed by atoms with Crippen molar-refractivity contribution in [3.05, 3.63) is 40.6 Å². The first kappa shape index (κ1) is 17.7. The fourth-order valence-electron chi connectivity index (χ4n) is 3.53. The topological polar surface area (TPSA) is 44.3 Å². The molecule has 2 heterocycles. The van der Waals surface area contributed by atoms with E-state index in [2.05, 4.69) is 59.9 Å². The Kier molecular flexibility index (Phi) is 5.23. The van der Waals surface area contributed by atoms with E-state index in [4.69, 9.17) is 4.98 Å². The summed E-state index contributed by atoms with van der Waals surface area (Å²) in [5.74, 6) is 1.70. The maximum Gasteiger partial charge on any atom is 0.227 e. The lowest BCUT2D eigenvalue weighted by atomic mass is 10.1. The van der Waals surface area contributed by atoms with Gasteiger partial charge >= 0.3 is 0 Å². The van der Waals surface area contributed by atoms with Gasteiger partial charge in [-0.2, -0.15) is 4.98 Å². The molecule has 0 saturated carbocycles. The van der Waals surface area contributed by atoms with Gasteiger partial charge in [-0.1, -0.05) is 24.6 Å². The van der Waals surface area contributed by atoms with Crippen LogP contribution in [0.25, 0.3) is 0 Å². The summed E-state index contributed by atoms with van der Waals surface area (Å²) < 4.78 is 0. The maximum absolute atomic E-state index is 4.79. The molecular weight excluding hydrogens is 310 g/mol. The minimum Gasteiger partial charge on any atom is -0.340 e. The summed E-state index contributed by atoms with van der Waals surface area (Å²) in [7, 11) is 0. The SMILES string of the molecule is CCN1CCN(c2nc(C)cc(Nc3c(C)cc(C)cc3C)n2)CC1. The predicted octanol–water partition coefficient (Wildman–Crippen LogP) is 3.60. The number of nitrogens with one attached hydrogen (secondary N) is 1. The second-order valence-corrected chi connectivity index (χ2v) is 7.01. The number of anilines is 3. The molecule has 0 bridgehead atoms. The Balaban J connectivity index is 1.83. The molecule has 134 valence electrons. The van der Waals surface area contributed by atoms with E-state index in [-0.39, 0.29) is 0 Å². The molecule has 25 heavy (non-hydrogen) atoms. The number of aryl methyl sites for hydroxylation is 4. The average molecular weight is 339 g/mol. The zero-order valence-corrected chi connectivity index (χ0v) is 16.1. The molecule has 0 spiro atoms. The highest BCUT2D eigenvalue weighted by Gasteiger charge is 2.18. The fraction of sp³-hybridized carbons (Fsp3) is 0.500. The molecule has 0 radical (unpaired) electrons. The van der Waals surface area contributed by atoms with Crippen molar-refractivity contribution in [1.29, 1.82) is 0 Å². The number of nitrogens with zero attached hydrogens (tertiary/aromatic N) is 4. The predicted molar refractivity (Wildman–Crippen MR) is 105 cm³/mol. The van der Waals surface area contributed by atoms with E-state index in [0.717, 1.165) is 55.9 Å². The van der Waals surface area contributed by atoms with Crippen LogP contribution in [0, 0.1) is 27.7 Å². The molecule has 1 aromatic heterocycles. The van der Waals surface area contributed by atoms with E-state index in [1.807, 2.05) is 13.0 Å². The Hall–Kier alpha value is -2.14. The van der Waals surface area contributed by atoms with Crippen molar-refractivity contribution in [1.82, 2.24) is 14.9 Å². The smallest absolute Gasteiger partial charge is 0.227 e. The van der Waals surface area contributed by atoms with E-state index in [1.54, 1.807) is 0 Å². The highest BCUT2D eigenvalue weighted by atomic mass is 15.3. The Bertz CT molecular complexity index is 725. The highest BCUT2D eigenvalue weighted by molar-refractivity contribution is 5.66. The zero-order chi connectivity index (χ0) is 18.0. The van der Waals surface area contributed by atoms with Crippen LogP contribution in [0.15, 0.2) is 18.2 Å². The quantitative estimate of drug-likeness (QED) is 0.922. The van der Waals surface area contributed by atoms with Gasteiger partial charge in [-0.3, -0.25) is 0 Å². The number of rotatable bonds is 4. The first-order chi connectivity index (χ1) is 12.0. The second-order valence-electron chi connectivity index (χ2n) is 7.01. The average Bonchev–Trinajstić information content (AvgIpc) is 2.58. The maximum atomic E-state index is 4.79. The van der Waals surface area contributed by atoms with Gasteiger partial charge in [-0.25, -0.2) is 4.98 Å². The molecular formula is C20H29N5. The van der Waals surface area contributed by atoms with Gasteiger partial charge in [-0.05, 0) is 45.4 Å². The Labute approximate surface area is 151 Å². The molecule has 3 rings (SSSR count). The van der Waals surface area contributed by atoms with E-state index >= 15 is 0 Å². The molecule has 0 amide bonds. The van der Waals surface area contributed by atoms with Gasteiger partial charge in [0, 0.05) is 43.6 Å². The lowest BCUT2D eigenvalue weighted by molar-refractivity contribution is 0.270. The summed E-state index contributed by atoms with van der Waals surface area (Å²) in [5.41, 5.74) is 5.91. The number of benzene rings is 1. The second kappa shape index (κ2) is 7.40. The van der Waals surface area contributed by atoms with E-state index in [1.165, 1.54) is 16.7 Å². The lowest BCUT2D eigenvalue weighted by Crippen LogP contribution is -2.46. The van der Waals surface area contributed by atoms with Crippen LogP contribution in [-0.2, 0) is 0 Å².